The summed E-state index contributed by atoms with van der Waals surface area (Å²) in [6.07, 6.45) is 2.43. The molecule has 4 atom stereocenters. The number of ether oxygens (including phenoxy) is 1. The third-order valence-corrected chi connectivity index (χ3v) is 6.97. The van der Waals surface area contributed by atoms with Crippen molar-refractivity contribution in [3.8, 4) is 5.75 Å². The number of rotatable bonds is 4. The molecule has 5 nitrogen and oxygen atoms in total. The number of Topliss-reactive ketones (excluding diaryl/α,β-unsaturated/α-hetero) is 1. The summed E-state index contributed by atoms with van der Waals surface area (Å²) in [5, 5.41) is 9.69. The van der Waals surface area contributed by atoms with Gasteiger partial charge in [-0.05, 0) is 48.9 Å². The molecule has 0 aromatic heterocycles. The quantitative estimate of drug-likeness (QED) is 0.730. The van der Waals surface area contributed by atoms with Crippen molar-refractivity contribution in [1.29, 1.82) is 0 Å². The first-order valence-electron chi connectivity index (χ1n) is 10.8. The second-order valence-electron chi connectivity index (χ2n) is 8.51. The van der Waals surface area contributed by atoms with Crippen molar-refractivity contribution in [2.75, 3.05) is 6.54 Å². The number of alkyl halides is 1. The van der Waals surface area contributed by atoms with Crippen LogP contribution in [0.15, 0.2) is 65.9 Å². The molecule has 0 saturated heterocycles. The molecule has 0 bridgehead atoms. The fourth-order valence-electron chi connectivity index (χ4n) is 4.99. The highest BCUT2D eigenvalue weighted by molar-refractivity contribution is 6.21. The zero-order valence-electron chi connectivity index (χ0n) is 17.0. The van der Waals surface area contributed by atoms with Gasteiger partial charge in [0.15, 0.2) is 11.5 Å². The molecule has 0 spiro atoms. The van der Waals surface area contributed by atoms with E-state index in [1.807, 2.05) is 30.3 Å². The lowest BCUT2D eigenvalue weighted by molar-refractivity contribution is -0.135. The number of carbonyl (C=O) groups excluding carboxylic acids is 2. The maximum atomic E-state index is 13.6. The summed E-state index contributed by atoms with van der Waals surface area (Å²) in [6, 6.07) is 16.1. The van der Waals surface area contributed by atoms with E-state index < -0.39 is 6.04 Å². The Morgan fingerprint density at radius 3 is 2.52 bits per heavy atom. The van der Waals surface area contributed by atoms with Gasteiger partial charge in [0, 0.05) is 11.9 Å². The largest absolute Gasteiger partial charge is 0.508 e. The van der Waals surface area contributed by atoms with Crippen molar-refractivity contribution in [3.63, 3.8) is 0 Å². The Morgan fingerprint density at radius 2 is 1.77 bits per heavy atom. The highest BCUT2D eigenvalue weighted by Gasteiger charge is 2.52. The topological polar surface area (TPSA) is 66.8 Å². The summed E-state index contributed by atoms with van der Waals surface area (Å²) in [5.74, 6) is -0.224. The van der Waals surface area contributed by atoms with Crippen molar-refractivity contribution in [1.82, 2.24) is 4.90 Å². The third kappa shape index (κ3) is 3.61. The molecule has 31 heavy (non-hydrogen) atoms. The van der Waals surface area contributed by atoms with Crippen LogP contribution in [0.5, 0.6) is 5.75 Å². The van der Waals surface area contributed by atoms with Gasteiger partial charge in [-0.2, -0.15) is 0 Å². The Bertz CT molecular complexity index is 1030. The van der Waals surface area contributed by atoms with E-state index in [1.54, 1.807) is 29.2 Å². The molecule has 2 aromatic rings. The van der Waals surface area contributed by atoms with Gasteiger partial charge in [-0.15, -0.1) is 11.6 Å². The number of nitrogens with zero attached hydrogens (tertiary/aromatic N) is 1. The number of benzene rings is 2. The molecule has 6 heteroatoms. The van der Waals surface area contributed by atoms with Crippen LogP contribution in [0, 0.1) is 5.92 Å². The number of ketones is 1. The lowest BCUT2D eigenvalue weighted by Gasteiger charge is -2.37. The molecular formula is C25H24ClNO4. The van der Waals surface area contributed by atoms with Crippen LogP contribution in [0.2, 0.25) is 0 Å². The minimum absolute atomic E-state index is 0.0229. The van der Waals surface area contributed by atoms with Gasteiger partial charge in [0.2, 0.25) is 0 Å². The van der Waals surface area contributed by atoms with Gasteiger partial charge in [-0.25, -0.2) is 0 Å². The number of aromatic hydroxyl groups is 1. The standard InChI is InChI=1S/C25H24ClNO4/c26-17-8-11-20-19(14-17)23(29)21-22(16-6-9-18(28)10-7-16)27(25(30)24(21)31-20)13-12-15-4-2-1-3-5-15/h1-7,9-10,17,19-20,22,28H,8,11-14H2. The maximum absolute atomic E-state index is 13.6. The molecule has 1 saturated carbocycles. The molecular weight excluding hydrogens is 414 g/mol. The van der Waals surface area contributed by atoms with Crippen LogP contribution in [-0.4, -0.2) is 39.7 Å². The van der Waals surface area contributed by atoms with Gasteiger partial charge in [-0.1, -0.05) is 42.5 Å². The average Bonchev–Trinajstić information content (AvgIpc) is 3.06. The third-order valence-electron chi connectivity index (χ3n) is 6.57. The first kappa shape index (κ1) is 20.1. The van der Waals surface area contributed by atoms with Crippen molar-refractivity contribution in [2.24, 2.45) is 5.92 Å². The zero-order valence-corrected chi connectivity index (χ0v) is 17.8. The summed E-state index contributed by atoms with van der Waals surface area (Å²) in [4.78, 5) is 28.7. The molecule has 1 aliphatic carbocycles. The van der Waals surface area contributed by atoms with E-state index >= 15 is 0 Å². The first-order valence-corrected chi connectivity index (χ1v) is 11.2. The lowest BCUT2D eigenvalue weighted by atomic mass is 9.77. The Kier molecular flexibility index (Phi) is 5.22. The van der Waals surface area contributed by atoms with Crippen LogP contribution >= 0.6 is 11.6 Å². The second kappa shape index (κ2) is 8.04. The summed E-state index contributed by atoms with van der Waals surface area (Å²) in [7, 11) is 0. The number of phenolic OH excluding ortho intramolecular Hbond substituents is 1. The number of amides is 1. The number of hydrogen-bond donors (Lipinski definition) is 1. The van der Waals surface area contributed by atoms with Crippen molar-refractivity contribution < 1.29 is 19.4 Å². The number of fused-ring (bicyclic) bond motifs is 1. The van der Waals surface area contributed by atoms with Crippen molar-refractivity contribution in [3.05, 3.63) is 77.1 Å². The predicted octanol–water partition coefficient (Wildman–Crippen LogP) is 4.15. The maximum Gasteiger partial charge on any atom is 0.290 e. The van der Waals surface area contributed by atoms with Gasteiger partial charge in [-0.3, -0.25) is 9.59 Å². The molecule has 160 valence electrons. The Balaban J connectivity index is 1.51. The van der Waals surface area contributed by atoms with Gasteiger partial charge in [0.05, 0.1) is 17.5 Å². The molecule has 3 aliphatic rings. The summed E-state index contributed by atoms with van der Waals surface area (Å²) in [6.45, 7) is 0.464. The fourth-order valence-corrected chi connectivity index (χ4v) is 5.31. The molecule has 1 N–H and O–H groups in total. The van der Waals surface area contributed by atoms with Crippen LogP contribution in [0.25, 0.3) is 0 Å². The van der Waals surface area contributed by atoms with Gasteiger partial charge >= 0.3 is 0 Å². The summed E-state index contributed by atoms with van der Waals surface area (Å²) < 4.78 is 6.16. The predicted molar refractivity (Wildman–Crippen MR) is 117 cm³/mol. The average molecular weight is 438 g/mol. The van der Waals surface area contributed by atoms with Crippen LogP contribution in [0.1, 0.15) is 36.4 Å². The second-order valence-corrected chi connectivity index (χ2v) is 9.13. The van der Waals surface area contributed by atoms with E-state index in [4.69, 9.17) is 16.3 Å². The minimum atomic E-state index is -0.518. The smallest absolute Gasteiger partial charge is 0.290 e. The van der Waals surface area contributed by atoms with Gasteiger partial charge in [0.25, 0.3) is 5.91 Å². The number of carbonyl (C=O) groups is 2. The van der Waals surface area contributed by atoms with Crippen molar-refractivity contribution in [2.45, 2.75) is 43.2 Å². The Labute approximate surface area is 186 Å². The van der Waals surface area contributed by atoms with E-state index in [-0.39, 0.29) is 40.6 Å². The molecule has 1 amide bonds. The van der Waals surface area contributed by atoms with Crippen LogP contribution in [0.3, 0.4) is 0 Å². The molecule has 4 unspecified atom stereocenters. The Hall–Kier alpha value is -2.79. The monoisotopic (exact) mass is 437 g/mol. The molecule has 2 aliphatic heterocycles. The molecule has 2 heterocycles. The van der Waals surface area contributed by atoms with Gasteiger partial charge in [0.1, 0.15) is 11.9 Å². The fraction of sp³-hybridized carbons (Fsp3) is 0.360. The highest BCUT2D eigenvalue weighted by atomic mass is 35.5. The van der Waals surface area contributed by atoms with E-state index in [9.17, 15) is 14.7 Å². The summed E-state index contributed by atoms with van der Waals surface area (Å²) in [5.41, 5.74) is 2.35. The van der Waals surface area contributed by atoms with Crippen LogP contribution in [0.4, 0.5) is 0 Å². The zero-order chi connectivity index (χ0) is 21.5. The normalized spacial score (nSPS) is 27.7. The van der Waals surface area contributed by atoms with E-state index in [1.165, 1.54) is 0 Å². The van der Waals surface area contributed by atoms with E-state index in [2.05, 4.69) is 0 Å². The number of halogens is 1. The highest BCUT2D eigenvalue weighted by Crippen LogP contribution is 2.47. The minimum Gasteiger partial charge on any atom is -0.508 e. The number of hydrogen-bond acceptors (Lipinski definition) is 4. The summed E-state index contributed by atoms with van der Waals surface area (Å²) >= 11 is 6.36. The van der Waals surface area contributed by atoms with Crippen LogP contribution in [-0.2, 0) is 20.7 Å². The van der Waals surface area contributed by atoms with Gasteiger partial charge < -0.3 is 14.7 Å². The van der Waals surface area contributed by atoms with E-state index in [0.29, 0.717) is 31.4 Å². The molecule has 5 rings (SSSR count). The molecule has 1 fully saturated rings. The van der Waals surface area contributed by atoms with Crippen LogP contribution < -0.4 is 0 Å². The SMILES string of the molecule is O=C1C2=C(OC3CCC(Cl)CC13)C(=O)N(CCc1ccccc1)C2c1ccc(O)cc1. The Morgan fingerprint density at radius 1 is 1.03 bits per heavy atom. The molecule has 0 radical (unpaired) electrons. The number of phenols is 1. The van der Waals surface area contributed by atoms with E-state index in [0.717, 1.165) is 17.5 Å². The lowest BCUT2D eigenvalue weighted by Crippen LogP contribution is -2.41. The first-order chi connectivity index (χ1) is 15.0. The molecule has 2 aromatic carbocycles. The van der Waals surface area contributed by atoms with Crippen molar-refractivity contribution >= 4 is 23.3 Å².